The van der Waals surface area contributed by atoms with Gasteiger partial charge in [0, 0.05) is 12.6 Å². The molecule has 2 heterocycles. The van der Waals surface area contributed by atoms with Gasteiger partial charge in [-0.2, -0.15) is 5.21 Å². The molecule has 6 nitrogen and oxygen atoms in total. The lowest BCUT2D eigenvalue weighted by atomic mass is 10.0. The van der Waals surface area contributed by atoms with Crippen molar-refractivity contribution < 1.29 is 0 Å². The van der Waals surface area contributed by atoms with E-state index in [1.54, 1.807) is 0 Å². The number of H-pyrrole nitrogens is 1. The molecule has 2 N–H and O–H groups in total. The summed E-state index contributed by atoms with van der Waals surface area (Å²) < 4.78 is 0. The lowest BCUT2D eigenvalue weighted by Crippen LogP contribution is -2.42. The molecule has 1 saturated heterocycles. The third kappa shape index (κ3) is 4.19. The summed E-state index contributed by atoms with van der Waals surface area (Å²) in [5, 5.41) is 17.4. The van der Waals surface area contributed by atoms with E-state index in [1.807, 2.05) is 0 Å². The molecule has 1 aliphatic heterocycles. The van der Waals surface area contributed by atoms with E-state index >= 15 is 0 Å². The number of aromatic amines is 1. The topological polar surface area (TPSA) is 69.7 Å². The first kappa shape index (κ1) is 13.2. The quantitative estimate of drug-likeness (QED) is 0.754. The zero-order valence-electron chi connectivity index (χ0n) is 11.2. The average molecular weight is 250 g/mol. The van der Waals surface area contributed by atoms with Gasteiger partial charge in [0.25, 0.3) is 0 Å². The Bertz CT molecular complexity index is 360. The second kappa shape index (κ2) is 6.61. The van der Waals surface area contributed by atoms with Crippen LogP contribution in [0.3, 0.4) is 0 Å². The fourth-order valence-electron chi connectivity index (χ4n) is 2.12. The van der Waals surface area contributed by atoms with Crippen LogP contribution in [0.15, 0.2) is 11.6 Å². The molecule has 6 heteroatoms. The first-order valence-electron chi connectivity index (χ1n) is 6.55. The number of hydrogen-bond acceptors (Lipinski definition) is 5. The van der Waals surface area contributed by atoms with Crippen molar-refractivity contribution in [1.29, 1.82) is 0 Å². The molecule has 2 rings (SSSR count). The lowest BCUT2D eigenvalue weighted by molar-refractivity contribution is 0.214. The number of tetrazole rings is 1. The third-order valence-corrected chi connectivity index (χ3v) is 3.28. The summed E-state index contributed by atoms with van der Waals surface area (Å²) in [5.74, 6) is 0.738. The summed E-state index contributed by atoms with van der Waals surface area (Å²) in [6.07, 6.45) is 4.68. The predicted octanol–water partition coefficient (Wildman–Crippen LogP) is 0.720. The van der Waals surface area contributed by atoms with Crippen LogP contribution in [-0.2, 0) is 6.54 Å². The maximum absolute atomic E-state index is 3.94. The summed E-state index contributed by atoms with van der Waals surface area (Å²) in [4.78, 5) is 2.50. The van der Waals surface area contributed by atoms with Crippen LogP contribution in [0.25, 0.3) is 0 Å². The second-order valence-electron chi connectivity index (χ2n) is 5.07. The van der Waals surface area contributed by atoms with Crippen LogP contribution in [0.4, 0.5) is 0 Å². The number of allylic oxidation sites excluding steroid dienone is 1. The van der Waals surface area contributed by atoms with Crippen molar-refractivity contribution in [3.8, 4) is 0 Å². The molecule has 0 amide bonds. The Kier molecular flexibility index (Phi) is 4.83. The fourth-order valence-corrected chi connectivity index (χ4v) is 2.12. The molecule has 1 aromatic heterocycles. The minimum Gasteiger partial charge on any atom is -0.307 e. The van der Waals surface area contributed by atoms with E-state index in [2.05, 4.69) is 50.8 Å². The van der Waals surface area contributed by atoms with Gasteiger partial charge in [0.1, 0.15) is 0 Å². The van der Waals surface area contributed by atoms with Crippen LogP contribution in [0.1, 0.15) is 32.5 Å². The summed E-state index contributed by atoms with van der Waals surface area (Å²) >= 11 is 0. The van der Waals surface area contributed by atoms with Gasteiger partial charge < -0.3 is 5.32 Å². The van der Waals surface area contributed by atoms with Gasteiger partial charge in [0.2, 0.25) is 0 Å². The Balaban J connectivity index is 1.65. The van der Waals surface area contributed by atoms with E-state index in [9.17, 15) is 0 Å². The van der Waals surface area contributed by atoms with E-state index in [-0.39, 0.29) is 0 Å². The molecule has 1 aliphatic rings. The number of likely N-dealkylation sites (tertiary alicyclic amines) is 1. The highest BCUT2D eigenvalue weighted by Crippen LogP contribution is 2.10. The van der Waals surface area contributed by atoms with Gasteiger partial charge in [-0.25, -0.2) is 0 Å². The Labute approximate surface area is 108 Å². The Morgan fingerprint density at radius 1 is 1.44 bits per heavy atom. The van der Waals surface area contributed by atoms with E-state index in [0.29, 0.717) is 12.6 Å². The Morgan fingerprint density at radius 2 is 2.22 bits per heavy atom. The number of aromatic nitrogens is 4. The van der Waals surface area contributed by atoms with Crippen molar-refractivity contribution in [1.82, 2.24) is 30.8 Å². The number of piperidine rings is 1. The highest BCUT2D eigenvalue weighted by Gasteiger charge is 2.18. The minimum absolute atomic E-state index is 0.575. The van der Waals surface area contributed by atoms with E-state index in [0.717, 1.165) is 25.5 Å². The standard InChI is InChI=1S/C12H22N6/c1-10(2)3-6-18-7-4-11(5-8-18)13-9-12-14-16-17-15-12/h3,11,13H,4-9H2,1-2H3,(H,14,15,16,17). The summed E-state index contributed by atoms with van der Waals surface area (Å²) in [7, 11) is 0. The molecule has 0 bridgehead atoms. The molecule has 0 aliphatic carbocycles. The molecule has 1 aromatic rings. The van der Waals surface area contributed by atoms with E-state index in [1.165, 1.54) is 18.4 Å². The van der Waals surface area contributed by atoms with Crippen LogP contribution < -0.4 is 5.32 Å². The lowest BCUT2D eigenvalue weighted by Gasteiger charge is -2.31. The van der Waals surface area contributed by atoms with Gasteiger partial charge in [-0.05, 0) is 39.8 Å². The van der Waals surface area contributed by atoms with Crippen molar-refractivity contribution in [2.24, 2.45) is 0 Å². The van der Waals surface area contributed by atoms with Crippen LogP contribution >= 0.6 is 0 Å². The first-order valence-corrected chi connectivity index (χ1v) is 6.55. The maximum Gasteiger partial charge on any atom is 0.188 e. The third-order valence-electron chi connectivity index (χ3n) is 3.28. The molecule has 0 atom stereocenters. The predicted molar refractivity (Wildman–Crippen MR) is 69.9 cm³/mol. The number of hydrogen-bond donors (Lipinski definition) is 2. The van der Waals surface area contributed by atoms with Gasteiger partial charge in [0.15, 0.2) is 5.82 Å². The summed E-state index contributed by atoms with van der Waals surface area (Å²) in [5.41, 5.74) is 1.40. The van der Waals surface area contributed by atoms with Crippen LogP contribution in [0.5, 0.6) is 0 Å². The molecule has 0 spiro atoms. The van der Waals surface area contributed by atoms with Crippen LogP contribution in [0, 0.1) is 0 Å². The van der Waals surface area contributed by atoms with Crippen molar-refractivity contribution in [2.75, 3.05) is 19.6 Å². The molecule has 100 valence electrons. The Hall–Kier alpha value is -1.27. The van der Waals surface area contributed by atoms with Gasteiger partial charge in [-0.1, -0.05) is 16.9 Å². The molecule has 1 fully saturated rings. The van der Waals surface area contributed by atoms with Crippen LogP contribution in [0.2, 0.25) is 0 Å². The minimum atomic E-state index is 0.575. The summed E-state index contributed by atoms with van der Waals surface area (Å²) in [6, 6.07) is 0.575. The van der Waals surface area contributed by atoms with Crippen molar-refractivity contribution in [2.45, 2.75) is 39.3 Å². The van der Waals surface area contributed by atoms with Crippen molar-refractivity contribution >= 4 is 0 Å². The van der Waals surface area contributed by atoms with Gasteiger partial charge in [-0.3, -0.25) is 4.90 Å². The molecule has 0 unspecified atom stereocenters. The molecular formula is C12H22N6. The van der Waals surface area contributed by atoms with E-state index in [4.69, 9.17) is 0 Å². The second-order valence-corrected chi connectivity index (χ2v) is 5.07. The molecule has 0 aromatic carbocycles. The van der Waals surface area contributed by atoms with Crippen LogP contribution in [-0.4, -0.2) is 51.2 Å². The fraction of sp³-hybridized carbons (Fsp3) is 0.750. The average Bonchev–Trinajstić information content (AvgIpc) is 2.88. The highest BCUT2D eigenvalue weighted by atomic mass is 15.5. The SMILES string of the molecule is CC(C)=CCN1CCC(NCc2nn[nH]n2)CC1. The van der Waals surface area contributed by atoms with Crippen molar-refractivity contribution in [3.63, 3.8) is 0 Å². The summed E-state index contributed by atoms with van der Waals surface area (Å²) in [6.45, 7) is 8.41. The number of rotatable bonds is 5. The normalized spacial score (nSPS) is 17.9. The van der Waals surface area contributed by atoms with E-state index < -0.39 is 0 Å². The molecule has 0 radical (unpaired) electrons. The Morgan fingerprint density at radius 3 is 2.83 bits per heavy atom. The number of nitrogens with zero attached hydrogens (tertiary/aromatic N) is 4. The smallest absolute Gasteiger partial charge is 0.188 e. The monoisotopic (exact) mass is 250 g/mol. The molecule has 18 heavy (non-hydrogen) atoms. The largest absolute Gasteiger partial charge is 0.307 e. The van der Waals surface area contributed by atoms with Crippen molar-refractivity contribution in [3.05, 3.63) is 17.5 Å². The zero-order valence-corrected chi connectivity index (χ0v) is 11.2. The number of nitrogens with one attached hydrogen (secondary N) is 2. The molecular weight excluding hydrogens is 228 g/mol. The highest BCUT2D eigenvalue weighted by molar-refractivity contribution is 4.95. The molecule has 0 saturated carbocycles. The van der Waals surface area contributed by atoms with Gasteiger partial charge >= 0.3 is 0 Å². The zero-order chi connectivity index (χ0) is 12.8. The van der Waals surface area contributed by atoms with Gasteiger partial charge in [0.05, 0.1) is 6.54 Å². The first-order chi connectivity index (χ1) is 8.74. The maximum atomic E-state index is 3.94. The van der Waals surface area contributed by atoms with Gasteiger partial charge in [-0.15, -0.1) is 10.2 Å².